The van der Waals surface area contributed by atoms with E-state index in [0.29, 0.717) is 17.3 Å². The second kappa shape index (κ2) is 18.1. The van der Waals surface area contributed by atoms with Gasteiger partial charge in [-0.1, -0.05) is 13.3 Å². The van der Waals surface area contributed by atoms with Gasteiger partial charge in [0, 0.05) is 30.4 Å². The first kappa shape index (κ1) is 39.7. The fraction of sp³-hybridized carbons (Fsp3) is 0.679. The van der Waals surface area contributed by atoms with E-state index >= 15 is 0 Å². The zero-order chi connectivity index (χ0) is 30.6. The number of carbonyl (C=O) groups is 2. The van der Waals surface area contributed by atoms with Crippen molar-refractivity contribution in [1.82, 2.24) is 19.6 Å². The number of anilines is 2. The summed E-state index contributed by atoms with van der Waals surface area (Å²) < 4.78 is 13.7. The van der Waals surface area contributed by atoms with Gasteiger partial charge in [0.2, 0.25) is 0 Å². The van der Waals surface area contributed by atoms with Gasteiger partial charge in [0.15, 0.2) is 11.6 Å². The third-order valence-electron chi connectivity index (χ3n) is 4.43. The molecule has 0 radical (unpaired) electrons. The van der Waals surface area contributed by atoms with Crippen molar-refractivity contribution in [3.05, 3.63) is 30.9 Å². The number of hydrogen-bond acceptors (Lipinski definition) is 7. The molecule has 224 valence electrons. The Kier molecular flexibility index (Phi) is 17.9. The minimum Gasteiger partial charge on any atom is -0.444 e. The molecule has 2 aromatic heterocycles. The zero-order valence-electron chi connectivity index (χ0n) is 27.0. The number of aromatic nitrogens is 4. The summed E-state index contributed by atoms with van der Waals surface area (Å²) in [6.45, 7) is 26.2. The number of carbonyl (C=O) groups excluding carboxylic acids is 2. The van der Waals surface area contributed by atoms with Crippen LogP contribution >= 0.6 is 0 Å². The third kappa shape index (κ3) is 17.3. The number of nitrogens with zero attached hydrogens (tertiary/aromatic N) is 4. The minimum absolute atomic E-state index is 0. The van der Waals surface area contributed by atoms with E-state index in [1.807, 2.05) is 54.7 Å². The van der Waals surface area contributed by atoms with E-state index in [1.54, 1.807) is 49.2 Å². The van der Waals surface area contributed by atoms with Crippen LogP contribution in [0.3, 0.4) is 0 Å². The maximum atomic E-state index is 11.6. The molecule has 0 aliphatic carbocycles. The molecule has 11 nitrogen and oxygen atoms in total. The molecular weight excluding hydrogens is 507 g/mol. The fourth-order valence-corrected chi connectivity index (χ4v) is 2.70. The molecule has 0 saturated heterocycles. The van der Waals surface area contributed by atoms with E-state index in [-0.39, 0.29) is 30.9 Å². The van der Waals surface area contributed by atoms with Gasteiger partial charge in [-0.3, -0.25) is 20.0 Å². The quantitative estimate of drug-likeness (QED) is 0.356. The van der Waals surface area contributed by atoms with Crippen molar-refractivity contribution in [3.63, 3.8) is 0 Å². The maximum Gasteiger partial charge on any atom is 1.00 e. The average Bonchev–Trinajstić information content (AvgIpc) is 3.39. The molecule has 2 rings (SSSR count). The van der Waals surface area contributed by atoms with Crippen LogP contribution in [0.2, 0.25) is 0 Å². The molecule has 2 aromatic rings. The van der Waals surface area contributed by atoms with Gasteiger partial charge in [-0.05, 0) is 76.2 Å². The van der Waals surface area contributed by atoms with Crippen molar-refractivity contribution < 1.29 is 43.0 Å². The number of hydrogen-bond donors (Lipinski definition) is 3. The summed E-state index contributed by atoms with van der Waals surface area (Å²) in [6.07, 6.45) is 2.40. The van der Waals surface area contributed by atoms with Gasteiger partial charge < -0.3 is 21.5 Å². The number of aliphatic hydroxyl groups excluding tert-OH is 1. The maximum absolute atomic E-state index is 11.6. The predicted octanol–water partition coefficient (Wildman–Crippen LogP) is 4.30. The van der Waals surface area contributed by atoms with Gasteiger partial charge in [0.25, 0.3) is 0 Å². The van der Waals surface area contributed by atoms with Gasteiger partial charge in [0.1, 0.15) is 11.2 Å². The Morgan fingerprint density at radius 2 is 1.38 bits per heavy atom. The monoisotopic (exact) mass is 558 g/mol. The molecular formula is C28H51LiN6O5. The largest absolute Gasteiger partial charge is 1.00 e. The molecule has 0 aromatic carbocycles. The minimum atomic E-state index is -0.649. The summed E-state index contributed by atoms with van der Waals surface area (Å²) >= 11 is 0. The smallest absolute Gasteiger partial charge is 0.444 e. The van der Waals surface area contributed by atoms with E-state index in [1.165, 1.54) is 6.42 Å². The van der Waals surface area contributed by atoms with Crippen LogP contribution in [-0.4, -0.2) is 48.1 Å². The first-order valence-electron chi connectivity index (χ1n) is 13.4. The van der Waals surface area contributed by atoms with Gasteiger partial charge in [0.05, 0.1) is 11.8 Å². The van der Waals surface area contributed by atoms with Crippen LogP contribution in [0.25, 0.3) is 0 Å². The number of rotatable bonds is 6. The Labute approximate surface area is 252 Å². The van der Waals surface area contributed by atoms with Crippen molar-refractivity contribution in [2.24, 2.45) is 0 Å². The van der Waals surface area contributed by atoms with E-state index < -0.39 is 29.5 Å². The summed E-state index contributed by atoms with van der Waals surface area (Å²) in [5.41, 5.74) is -0.399. The van der Waals surface area contributed by atoms with Crippen LogP contribution in [0.1, 0.15) is 120 Å². The van der Waals surface area contributed by atoms with Gasteiger partial charge in [-0.25, -0.2) is 9.59 Å². The number of nitrogens with one attached hydrogen (secondary N) is 2. The predicted molar refractivity (Wildman–Crippen MR) is 156 cm³/mol. The van der Waals surface area contributed by atoms with Crippen molar-refractivity contribution in [2.45, 2.75) is 125 Å². The van der Waals surface area contributed by atoms with Crippen LogP contribution in [0.5, 0.6) is 0 Å². The van der Waals surface area contributed by atoms with Crippen molar-refractivity contribution in [1.29, 1.82) is 0 Å². The number of ether oxygens (including phenoxy) is 2. The Bertz CT molecular complexity index is 976. The topological polar surface area (TPSA) is 133 Å². The molecule has 1 atom stereocenters. The first-order chi connectivity index (χ1) is 17.8. The van der Waals surface area contributed by atoms with Gasteiger partial charge >= 0.3 is 31.0 Å². The molecule has 0 aliphatic heterocycles. The van der Waals surface area contributed by atoms with Crippen LogP contribution in [-0.2, 0) is 9.47 Å². The summed E-state index contributed by atoms with van der Waals surface area (Å²) in [6, 6.07) is 3.76. The zero-order valence-corrected chi connectivity index (χ0v) is 27.0. The average molecular weight is 559 g/mol. The van der Waals surface area contributed by atoms with Crippen molar-refractivity contribution in [3.8, 4) is 0 Å². The van der Waals surface area contributed by atoms with Gasteiger partial charge in [-0.15, -0.1) is 0 Å². The second-order valence-corrected chi connectivity index (χ2v) is 11.6. The number of amides is 2. The third-order valence-corrected chi connectivity index (χ3v) is 4.43. The van der Waals surface area contributed by atoms with E-state index in [0.717, 1.165) is 6.42 Å². The molecule has 0 bridgehead atoms. The number of unbranched alkanes of at least 4 members (excludes halogenated alkanes) is 1. The Hall–Kier alpha value is -2.48. The molecule has 1 unspecified atom stereocenters. The van der Waals surface area contributed by atoms with Crippen molar-refractivity contribution >= 4 is 23.8 Å². The molecule has 0 spiro atoms. The fourth-order valence-electron chi connectivity index (χ4n) is 2.70. The van der Waals surface area contributed by atoms with E-state index in [9.17, 15) is 14.7 Å². The molecule has 2 heterocycles. The normalized spacial score (nSPS) is 11.8. The Balaban J connectivity index is 0. The molecule has 40 heavy (non-hydrogen) atoms. The van der Waals surface area contributed by atoms with Crippen LogP contribution in [0, 0.1) is 6.92 Å². The summed E-state index contributed by atoms with van der Waals surface area (Å²) in [5.74, 6) is 0.877. The summed E-state index contributed by atoms with van der Waals surface area (Å²) in [5, 5.41) is 23.3. The summed E-state index contributed by atoms with van der Waals surface area (Å²) in [7, 11) is 0. The van der Waals surface area contributed by atoms with Gasteiger partial charge in [-0.2, -0.15) is 16.6 Å². The Morgan fingerprint density at radius 1 is 0.925 bits per heavy atom. The van der Waals surface area contributed by atoms with Crippen LogP contribution in [0.15, 0.2) is 18.3 Å². The second-order valence-electron chi connectivity index (χ2n) is 11.6. The van der Waals surface area contributed by atoms with Crippen LogP contribution < -0.4 is 29.5 Å². The first-order valence-corrected chi connectivity index (χ1v) is 13.4. The standard InChI is InChI=1S/C13H23N3O3.C11H19N3O2.C4H9.Li/c1-8(2)16-10(9(3)17)7-11(15-16)14-12(18)19-13(4,5)6;1-8(2)14-7-6-9(13-14)12-10(15)16-11(3,4)5;1-3-4-2;/h7-9,17H,1-6H3,(H,14,15,18);6-8H,1-5H3,(H,12,13,15);1,3-4H2,2H3;/q;;-1;+1. The molecule has 2 amide bonds. The Morgan fingerprint density at radius 3 is 1.68 bits per heavy atom. The molecule has 0 aliphatic rings. The van der Waals surface area contributed by atoms with E-state index in [2.05, 4.69) is 34.7 Å². The number of aliphatic hydroxyl groups is 1. The van der Waals surface area contributed by atoms with E-state index in [4.69, 9.17) is 9.47 Å². The molecule has 12 heteroatoms. The molecule has 0 saturated carbocycles. The molecule has 3 N–H and O–H groups in total. The van der Waals surface area contributed by atoms with Crippen LogP contribution in [0.4, 0.5) is 21.2 Å². The SMILES string of the molecule is CC(C)n1ccc(NC(=O)OC(C)(C)C)n1.CC(O)c1cc(NC(=O)OC(C)(C)C)nn1C(C)C.[CH2-]CCC.[Li+]. The van der Waals surface area contributed by atoms with Crippen molar-refractivity contribution in [2.75, 3.05) is 10.6 Å². The molecule has 0 fully saturated rings. The summed E-state index contributed by atoms with van der Waals surface area (Å²) in [4.78, 5) is 23.1.